The van der Waals surface area contributed by atoms with Crippen molar-refractivity contribution in [2.75, 3.05) is 19.6 Å². The van der Waals surface area contributed by atoms with E-state index in [1.165, 1.54) is 17.0 Å². The highest BCUT2D eigenvalue weighted by Crippen LogP contribution is 2.37. The van der Waals surface area contributed by atoms with E-state index in [9.17, 15) is 22.4 Å². The van der Waals surface area contributed by atoms with Gasteiger partial charge in [-0.2, -0.15) is 13.2 Å². The van der Waals surface area contributed by atoms with E-state index in [0.29, 0.717) is 13.1 Å². The van der Waals surface area contributed by atoms with Gasteiger partial charge in [0.05, 0.1) is 31.3 Å². The second-order valence-corrected chi connectivity index (χ2v) is 10.4. The van der Waals surface area contributed by atoms with Crippen molar-refractivity contribution in [3.8, 4) is 0 Å². The van der Waals surface area contributed by atoms with Crippen molar-refractivity contribution in [1.82, 2.24) is 14.8 Å². The molecule has 2 aromatic carbocycles. The number of benzene rings is 2. The molecule has 9 heteroatoms. The second-order valence-electron chi connectivity index (χ2n) is 10.4. The lowest BCUT2D eigenvalue weighted by molar-refractivity contribution is -0.144. The standard InChI is InChI=1S/C29H26F4N4O/c1-17-8-19(6-7-34-17)28-24-10-22-13-37(27(38)11-20(22)9-21(24)12-35-28)26-15-36(16-29(31,32)33)14-25(26)18-2-4-23(30)5-3-18/h2-10,25-26H,11-16H2,1H3/t25-,26+/m0/s1. The first-order chi connectivity index (χ1) is 18.1. The van der Waals surface area contributed by atoms with E-state index in [1.807, 2.05) is 25.1 Å². The van der Waals surface area contributed by atoms with Gasteiger partial charge >= 0.3 is 6.18 Å². The van der Waals surface area contributed by atoms with Crippen LogP contribution >= 0.6 is 0 Å². The van der Waals surface area contributed by atoms with Crippen LogP contribution in [0.5, 0.6) is 0 Å². The summed E-state index contributed by atoms with van der Waals surface area (Å²) in [7, 11) is 0. The van der Waals surface area contributed by atoms with Crippen molar-refractivity contribution >= 4 is 11.6 Å². The molecule has 0 N–H and O–H groups in total. The van der Waals surface area contributed by atoms with E-state index >= 15 is 0 Å². The van der Waals surface area contributed by atoms with E-state index in [4.69, 9.17) is 4.99 Å². The van der Waals surface area contributed by atoms with Crippen LogP contribution in [0, 0.1) is 12.7 Å². The number of carbonyl (C=O) groups is 1. The smallest absolute Gasteiger partial charge is 0.333 e. The van der Waals surface area contributed by atoms with Gasteiger partial charge in [-0.25, -0.2) is 4.39 Å². The van der Waals surface area contributed by atoms with Gasteiger partial charge in [0.1, 0.15) is 5.82 Å². The lowest BCUT2D eigenvalue weighted by Gasteiger charge is -2.37. The third-order valence-electron chi connectivity index (χ3n) is 7.73. The molecule has 1 amide bonds. The van der Waals surface area contributed by atoms with Gasteiger partial charge in [-0.3, -0.25) is 19.7 Å². The molecule has 3 aliphatic rings. The predicted molar refractivity (Wildman–Crippen MR) is 134 cm³/mol. The van der Waals surface area contributed by atoms with Crippen LogP contribution in [-0.4, -0.2) is 58.3 Å². The van der Waals surface area contributed by atoms with Crippen LogP contribution in [0.25, 0.3) is 0 Å². The number of rotatable bonds is 4. The molecule has 0 unspecified atom stereocenters. The third kappa shape index (κ3) is 4.71. The number of pyridine rings is 1. The van der Waals surface area contributed by atoms with E-state index in [0.717, 1.165) is 44.8 Å². The molecule has 0 bridgehead atoms. The number of aromatic nitrogens is 1. The molecule has 6 rings (SSSR count). The second kappa shape index (κ2) is 9.31. The fourth-order valence-electron chi connectivity index (χ4n) is 6.03. The molecule has 38 heavy (non-hydrogen) atoms. The lowest BCUT2D eigenvalue weighted by atomic mass is 9.88. The number of alkyl halides is 3. The maximum absolute atomic E-state index is 13.6. The van der Waals surface area contributed by atoms with Crippen LogP contribution in [0.4, 0.5) is 17.6 Å². The topological polar surface area (TPSA) is 48.8 Å². The molecular weight excluding hydrogens is 496 g/mol. The van der Waals surface area contributed by atoms with Gasteiger partial charge in [0, 0.05) is 48.6 Å². The number of hydrogen-bond acceptors (Lipinski definition) is 4. The van der Waals surface area contributed by atoms with Gasteiger partial charge in [-0.05, 0) is 59.5 Å². The number of amides is 1. The van der Waals surface area contributed by atoms with E-state index in [2.05, 4.69) is 11.1 Å². The number of likely N-dealkylation sites (tertiary alicyclic amines) is 1. The summed E-state index contributed by atoms with van der Waals surface area (Å²) in [6.07, 6.45) is -2.40. The van der Waals surface area contributed by atoms with Crippen LogP contribution < -0.4 is 0 Å². The Kier molecular flexibility index (Phi) is 6.06. The summed E-state index contributed by atoms with van der Waals surface area (Å²) in [6.45, 7) is 1.99. The molecule has 0 saturated carbocycles. The maximum atomic E-state index is 13.6. The molecular formula is C29H26F4N4O. The molecule has 4 heterocycles. The van der Waals surface area contributed by atoms with Gasteiger partial charge in [-0.1, -0.05) is 18.2 Å². The summed E-state index contributed by atoms with van der Waals surface area (Å²) in [5, 5.41) is 0. The summed E-state index contributed by atoms with van der Waals surface area (Å²) in [4.78, 5) is 25.5. The Morgan fingerprint density at radius 2 is 1.79 bits per heavy atom. The van der Waals surface area contributed by atoms with Crippen molar-refractivity contribution in [2.24, 2.45) is 4.99 Å². The zero-order valence-electron chi connectivity index (χ0n) is 20.8. The highest BCUT2D eigenvalue weighted by atomic mass is 19.4. The molecule has 3 aromatic rings. The van der Waals surface area contributed by atoms with E-state index in [1.54, 1.807) is 23.2 Å². The third-order valence-corrected chi connectivity index (χ3v) is 7.73. The van der Waals surface area contributed by atoms with Crippen LogP contribution in [0.2, 0.25) is 0 Å². The predicted octanol–water partition coefficient (Wildman–Crippen LogP) is 4.80. The zero-order valence-corrected chi connectivity index (χ0v) is 20.8. The normalized spacial score (nSPS) is 21.4. The minimum atomic E-state index is -4.34. The molecule has 0 spiro atoms. The molecule has 1 fully saturated rings. The molecule has 0 radical (unpaired) electrons. The Balaban J connectivity index is 1.32. The molecule has 196 valence electrons. The summed E-state index contributed by atoms with van der Waals surface area (Å²) < 4.78 is 53.4. The number of carbonyl (C=O) groups excluding carboxylic acids is 1. The van der Waals surface area contributed by atoms with Crippen molar-refractivity contribution in [1.29, 1.82) is 0 Å². The first kappa shape index (κ1) is 24.7. The molecule has 3 aliphatic heterocycles. The summed E-state index contributed by atoms with van der Waals surface area (Å²) in [5.41, 5.74) is 7.50. The Bertz CT molecular complexity index is 1430. The average Bonchev–Trinajstić information content (AvgIpc) is 3.45. The number of hydrogen-bond donors (Lipinski definition) is 0. The van der Waals surface area contributed by atoms with Crippen LogP contribution in [0.3, 0.4) is 0 Å². The van der Waals surface area contributed by atoms with Crippen LogP contribution in [0.15, 0.2) is 59.7 Å². The minimum Gasteiger partial charge on any atom is -0.333 e. The summed E-state index contributed by atoms with van der Waals surface area (Å²) >= 11 is 0. The Morgan fingerprint density at radius 3 is 2.53 bits per heavy atom. The lowest BCUT2D eigenvalue weighted by Crippen LogP contribution is -2.47. The summed E-state index contributed by atoms with van der Waals surface area (Å²) in [6, 6.07) is 13.5. The molecule has 1 aromatic heterocycles. The Labute approximate surface area is 217 Å². The molecule has 5 nitrogen and oxygen atoms in total. The van der Waals surface area contributed by atoms with Crippen LogP contribution in [0.1, 0.15) is 45.0 Å². The Hall–Kier alpha value is -3.59. The van der Waals surface area contributed by atoms with Crippen LogP contribution in [-0.2, 0) is 24.3 Å². The van der Waals surface area contributed by atoms with Crippen molar-refractivity contribution in [2.45, 2.75) is 44.6 Å². The number of aliphatic imine (C=N–C) groups is 1. The minimum absolute atomic E-state index is 0.104. The van der Waals surface area contributed by atoms with Gasteiger partial charge in [0.2, 0.25) is 5.91 Å². The zero-order chi connectivity index (χ0) is 26.6. The average molecular weight is 523 g/mol. The van der Waals surface area contributed by atoms with E-state index in [-0.39, 0.29) is 31.3 Å². The first-order valence-electron chi connectivity index (χ1n) is 12.6. The number of nitrogens with zero attached hydrogens (tertiary/aromatic N) is 4. The fraction of sp³-hybridized carbons (Fsp3) is 0.345. The van der Waals surface area contributed by atoms with Gasteiger partial charge < -0.3 is 4.90 Å². The van der Waals surface area contributed by atoms with E-state index < -0.39 is 24.6 Å². The number of aryl methyl sites for hydroxylation is 1. The molecule has 2 atom stereocenters. The Morgan fingerprint density at radius 1 is 1.00 bits per heavy atom. The highest BCUT2D eigenvalue weighted by molar-refractivity contribution is 6.15. The SMILES string of the molecule is Cc1cc(C2=NCc3cc4c(cc32)CN([C@@H]2CN(CC(F)(F)F)C[C@H]2c2ccc(F)cc2)C(=O)C4)ccn1. The van der Waals surface area contributed by atoms with Gasteiger partial charge in [-0.15, -0.1) is 0 Å². The number of halogens is 4. The fourth-order valence-corrected chi connectivity index (χ4v) is 6.03. The van der Waals surface area contributed by atoms with Crippen molar-refractivity contribution < 1.29 is 22.4 Å². The molecule has 0 aliphatic carbocycles. The quantitative estimate of drug-likeness (QED) is 0.463. The maximum Gasteiger partial charge on any atom is 0.401 e. The first-order valence-corrected chi connectivity index (χ1v) is 12.6. The largest absolute Gasteiger partial charge is 0.401 e. The highest BCUT2D eigenvalue weighted by Gasteiger charge is 2.44. The van der Waals surface area contributed by atoms with Gasteiger partial charge in [0.25, 0.3) is 0 Å². The number of fused-ring (bicyclic) bond motifs is 2. The van der Waals surface area contributed by atoms with Gasteiger partial charge in [0.15, 0.2) is 0 Å². The summed E-state index contributed by atoms with van der Waals surface area (Å²) in [5.74, 6) is -0.865. The monoisotopic (exact) mass is 522 g/mol. The molecule has 1 saturated heterocycles. The van der Waals surface area contributed by atoms with Crippen molar-refractivity contribution in [3.63, 3.8) is 0 Å². The van der Waals surface area contributed by atoms with Crippen molar-refractivity contribution in [3.05, 3.63) is 99.6 Å².